The van der Waals surface area contributed by atoms with Gasteiger partial charge in [0, 0.05) is 6.42 Å². The Hall–Kier alpha value is -1.84. The number of aliphatic hydroxyl groups excluding tert-OH is 5. The maximum atomic E-state index is 12.0. The summed E-state index contributed by atoms with van der Waals surface area (Å²) >= 11 is 0. The number of ether oxygens (including phenoxy) is 5. The first-order chi connectivity index (χ1) is 20.7. The van der Waals surface area contributed by atoms with Gasteiger partial charge in [0.15, 0.2) is 12.6 Å². The van der Waals surface area contributed by atoms with Crippen LogP contribution in [0.1, 0.15) is 38.2 Å². The molecule has 16 nitrogen and oxygen atoms in total. The standard InChI is InChI=1S/C27H40O16S/c1-13-19(28)21(30)22(31)26(39-13)41-15-9-5-6-10-16(15)42-27-23(32)24(20(29)18(43-27)12-38-44(35,36)37)40-17(25(33)34)11-14-7-3-2-4-8-14/h2-4,7-8,13,15-24,26-32H,5-6,9-12H2,1H3,(H,33,34)(H,35,36,37)/p-2/t13-,15+,16+,17-,18-,19+,20-,21-,22-,23-,24-,26-,27+/m0/s1. The van der Waals surface area contributed by atoms with Crippen molar-refractivity contribution in [1.82, 2.24) is 0 Å². The van der Waals surface area contributed by atoms with Crippen molar-refractivity contribution in [2.75, 3.05) is 6.61 Å². The van der Waals surface area contributed by atoms with E-state index in [9.17, 15) is 48.4 Å². The molecule has 13 atom stereocenters. The van der Waals surface area contributed by atoms with Gasteiger partial charge in [0.05, 0.1) is 30.9 Å². The van der Waals surface area contributed by atoms with Crippen molar-refractivity contribution in [2.45, 2.75) is 119 Å². The molecule has 0 amide bonds. The number of carboxylic acids is 1. The molecule has 0 unspecified atom stereocenters. The highest BCUT2D eigenvalue weighted by Gasteiger charge is 2.49. The van der Waals surface area contributed by atoms with Crippen LogP contribution in [0.25, 0.3) is 0 Å². The third-order valence-electron chi connectivity index (χ3n) is 7.93. The van der Waals surface area contributed by atoms with Gasteiger partial charge in [-0.15, -0.1) is 0 Å². The largest absolute Gasteiger partial charge is 0.726 e. The molecule has 1 aliphatic carbocycles. The predicted molar refractivity (Wildman–Crippen MR) is 141 cm³/mol. The molecule has 2 saturated heterocycles. The normalized spacial score (nSPS) is 39.1. The molecule has 3 fully saturated rings. The Bertz CT molecular complexity index is 1170. The van der Waals surface area contributed by atoms with Crippen LogP contribution in [-0.2, 0) is 49.5 Å². The first-order valence-corrected chi connectivity index (χ1v) is 15.6. The van der Waals surface area contributed by atoms with E-state index < -0.39 is 103 Å². The van der Waals surface area contributed by atoms with E-state index >= 15 is 0 Å². The summed E-state index contributed by atoms with van der Waals surface area (Å²) in [5.41, 5.74) is 0.546. The maximum absolute atomic E-state index is 12.0. The second-order valence-electron chi connectivity index (χ2n) is 11.1. The lowest BCUT2D eigenvalue weighted by Gasteiger charge is -2.46. The van der Waals surface area contributed by atoms with Crippen molar-refractivity contribution < 1.29 is 76.3 Å². The molecule has 44 heavy (non-hydrogen) atoms. The quantitative estimate of drug-likeness (QED) is 0.110. The van der Waals surface area contributed by atoms with Crippen LogP contribution < -0.4 is 5.11 Å². The highest BCUT2D eigenvalue weighted by Crippen LogP contribution is 2.33. The molecule has 2 aliphatic heterocycles. The van der Waals surface area contributed by atoms with Gasteiger partial charge in [-0.3, -0.25) is 4.18 Å². The van der Waals surface area contributed by atoms with Crippen LogP contribution in [0.4, 0.5) is 0 Å². The molecular weight excluding hydrogens is 612 g/mol. The zero-order valence-electron chi connectivity index (χ0n) is 23.8. The van der Waals surface area contributed by atoms with Gasteiger partial charge >= 0.3 is 0 Å². The fourth-order valence-electron chi connectivity index (χ4n) is 5.51. The van der Waals surface area contributed by atoms with E-state index in [0.29, 0.717) is 31.2 Å². The summed E-state index contributed by atoms with van der Waals surface area (Å²) in [6.07, 6.45) is -16.9. The second-order valence-corrected chi connectivity index (χ2v) is 12.2. The fourth-order valence-corrected chi connectivity index (χ4v) is 5.81. The van der Waals surface area contributed by atoms with E-state index in [4.69, 9.17) is 23.7 Å². The van der Waals surface area contributed by atoms with Gasteiger partial charge in [0.25, 0.3) is 0 Å². The van der Waals surface area contributed by atoms with E-state index in [0.717, 1.165) is 0 Å². The summed E-state index contributed by atoms with van der Waals surface area (Å²) in [5.74, 6) is -1.65. The number of carboxylic acid groups (broad SMARTS) is 1. The molecular formula is C27H38O16S-2. The summed E-state index contributed by atoms with van der Waals surface area (Å²) in [4.78, 5) is 12.0. The SMILES string of the molecule is C[C@@H]1O[C@@H](O[C@@H]2CCCC[C@H]2O[C@@H]2O[C@@H](COS(=O)(=O)[O-])[C@H](O)[C@H](O[C@@H](Cc3ccccc3)C(=O)[O-])[C@@H]2O)[C@@H](O)[C@@H](O)[C@@H]1O. The Morgan fingerprint density at radius 3 is 2.07 bits per heavy atom. The molecule has 4 rings (SSSR count). The van der Waals surface area contributed by atoms with E-state index in [2.05, 4.69) is 4.18 Å². The number of aliphatic hydroxyl groups is 5. The highest BCUT2D eigenvalue weighted by molar-refractivity contribution is 7.80. The molecule has 250 valence electrons. The number of hydrogen-bond acceptors (Lipinski definition) is 16. The summed E-state index contributed by atoms with van der Waals surface area (Å²) in [6, 6.07) is 8.33. The van der Waals surface area contributed by atoms with Crippen molar-refractivity contribution in [3.63, 3.8) is 0 Å². The smallest absolute Gasteiger partial charge is 0.217 e. The lowest BCUT2D eigenvalue weighted by Crippen LogP contribution is -2.63. The van der Waals surface area contributed by atoms with Crippen LogP contribution in [-0.4, -0.2) is 131 Å². The van der Waals surface area contributed by atoms with Gasteiger partial charge in [-0.2, -0.15) is 0 Å². The third kappa shape index (κ3) is 8.91. The summed E-state index contributed by atoms with van der Waals surface area (Å²) in [7, 11) is -5.23. The molecule has 3 aliphatic rings. The van der Waals surface area contributed by atoms with Gasteiger partial charge in [0.2, 0.25) is 10.4 Å². The molecule has 5 N–H and O–H groups in total. The van der Waals surface area contributed by atoms with Crippen LogP contribution in [0.5, 0.6) is 0 Å². The van der Waals surface area contributed by atoms with E-state index in [-0.39, 0.29) is 6.42 Å². The van der Waals surface area contributed by atoms with Crippen molar-refractivity contribution >= 4 is 16.4 Å². The summed E-state index contributed by atoms with van der Waals surface area (Å²) in [6.45, 7) is 0.490. The van der Waals surface area contributed by atoms with Gasteiger partial charge < -0.3 is 63.7 Å². The molecule has 1 aromatic carbocycles. The molecule has 0 radical (unpaired) electrons. The van der Waals surface area contributed by atoms with Crippen LogP contribution in [0.3, 0.4) is 0 Å². The van der Waals surface area contributed by atoms with Gasteiger partial charge in [-0.1, -0.05) is 43.2 Å². The van der Waals surface area contributed by atoms with Crippen LogP contribution in [0.2, 0.25) is 0 Å². The van der Waals surface area contributed by atoms with Gasteiger partial charge in [-0.25, -0.2) is 8.42 Å². The number of rotatable bonds is 12. The van der Waals surface area contributed by atoms with Crippen molar-refractivity contribution in [2.24, 2.45) is 0 Å². The number of carbonyl (C=O) groups excluding carboxylic acids is 1. The molecule has 0 aromatic heterocycles. The first kappa shape index (κ1) is 35.0. The number of aliphatic carboxylic acids is 1. The summed E-state index contributed by atoms with van der Waals surface area (Å²) in [5, 5.41) is 64.6. The zero-order chi connectivity index (χ0) is 32.2. The minimum Gasteiger partial charge on any atom is -0.726 e. The van der Waals surface area contributed by atoms with Crippen molar-refractivity contribution in [3.8, 4) is 0 Å². The monoisotopic (exact) mass is 650 g/mol. The molecule has 1 saturated carbocycles. The average Bonchev–Trinajstić information content (AvgIpc) is 2.98. The lowest BCUT2D eigenvalue weighted by molar-refractivity contribution is -0.351. The maximum Gasteiger partial charge on any atom is 0.217 e. The van der Waals surface area contributed by atoms with Crippen LogP contribution >= 0.6 is 0 Å². The Labute approximate surface area is 254 Å². The van der Waals surface area contributed by atoms with Gasteiger partial charge in [-0.05, 0) is 25.3 Å². The summed E-state index contributed by atoms with van der Waals surface area (Å²) < 4.78 is 66.4. The van der Waals surface area contributed by atoms with E-state index in [1.807, 2.05) is 0 Å². The fraction of sp³-hybridized carbons (Fsp3) is 0.741. The first-order valence-electron chi connectivity index (χ1n) is 14.3. The highest BCUT2D eigenvalue weighted by atomic mass is 32.3. The Kier molecular flexibility index (Phi) is 12.1. The Balaban J connectivity index is 1.52. The molecule has 2 heterocycles. The third-order valence-corrected chi connectivity index (χ3v) is 8.36. The molecule has 0 bridgehead atoms. The number of hydrogen-bond donors (Lipinski definition) is 5. The van der Waals surface area contributed by atoms with Crippen molar-refractivity contribution in [3.05, 3.63) is 35.9 Å². The lowest BCUT2D eigenvalue weighted by atomic mass is 9.93. The number of benzene rings is 1. The number of carbonyl (C=O) groups is 1. The molecule has 17 heteroatoms. The Morgan fingerprint density at radius 2 is 1.50 bits per heavy atom. The average molecular weight is 651 g/mol. The second kappa shape index (κ2) is 15.2. The van der Waals surface area contributed by atoms with Crippen LogP contribution in [0.15, 0.2) is 30.3 Å². The van der Waals surface area contributed by atoms with E-state index in [1.165, 1.54) is 6.92 Å². The topological polar surface area (TPSA) is 254 Å². The zero-order valence-corrected chi connectivity index (χ0v) is 24.6. The molecule has 0 spiro atoms. The van der Waals surface area contributed by atoms with E-state index in [1.54, 1.807) is 30.3 Å². The predicted octanol–water partition coefficient (Wildman–Crippen LogP) is -3.17. The minimum absolute atomic E-state index is 0.206. The Morgan fingerprint density at radius 1 is 0.909 bits per heavy atom. The van der Waals surface area contributed by atoms with Gasteiger partial charge in [0.1, 0.15) is 48.8 Å². The minimum atomic E-state index is -5.23. The van der Waals surface area contributed by atoms with Crippen LogP contribution in [0, 0.1) is 0 Å². The molecule has 1 aromatic rings. The van der Waals surface area contributed by atoms with Crippen molar-refractivity contribution in [1.29, 1.82) is 0 Å².